The number of nitrogens with one attached hydrogen (secondary N) is 1. The highest BCUT2D eigenvalue weighted by molar-refractivity contribution is 7.99. The number of carbonyl (C=O) groups excluding carboxylic acids is 1. The quantitative estimate of drug-likeness (QED) is 0.840. The van der Waals surface area contributed by atoms with Crippen LogP contribution in [0.5, 0.6) is 0 Å². The molecule has 0 aromatic heterocycles. The van der Waals surface area contributed by atoms with E-state index in [-0.39, 0.29) is 5.91 Å². The molecule has 19 heavy (non-hydrogen) atoms. The number of nitrogens with two attached hydrogens (primary N) is 1. The van der Waals surface area contributed by atoms with Crippen LogP contribution in [0.2, 0.25) is 5.02 Å². The molecule has 98 valence electrons. The summed E-state index contributed by atoms with van der Waals surface area (Å²) in [6, 6.07) is 13.0. The molecule has 0 unspecified atom stereocenters. The number of amides is 1. The van der Waals surface area contributed by atoms with Crippen LogP contribution < -0.4 is 11.1 Å². The van der Waals surface area contributed by atoms with Crippen LogP contribution in [0, 0.1) is 0 Å². The molecule has 1 amide bonds. The van der Waals surface area contributed by atoms with Crippen molar-refractivity contribution in [2.24, 2.45) is 0 Å². The maximum Gasteiger partial charge on any atom is 0.221 e. The van der Waals surface area contributed by atoms with E-state index >= 15 is 0 Å². The summed E-state index contributed by atoms with van der Waals surface area (Å²) in [5.41, 5.74) is 7.08. The minimum atomic E-state index is -0.0815. The lowest BCUT2D eigenvalue weighted by Crippen LogP contribution is -2.05. The van der Waals surface area contributed by atoms with Crippen molar-refractivity contribution in [2.45, 2.75) is 16.7 Å². The van der Waals surface area contributed by atoms with Crippen LogP contribution in [0.25, 0.3) is 0 Å². The second-order valence-corrected chi connectivity index (χ2v) is 5.52. The van der Waals surface area contributed by atoms with Crippen molar-refractivity contribution in [1.29, 1.82) is 0 Å². The van der Waals surface area contributed by atoms with Crippen molar-refractivity contribution < 1.29 is 4.79 Å². The lowest BCUT2D eigenvalue weighted by molar-refractivity contribution is -0.114. The third kappa shape index (κ3) is 3.91. The van der Waals surface area contributed by atoms with E-state index < -0.39 is 0 Å². The molecular weight excluding hydrogens is 280 g/mol. The van der Waals surface area contributed by atoms with E-state index in [9.17, 15) is 4.79 Å². The Hall–Kier alpha value is -1.65. The van der Waals surface area contributed by atoms with Gasteiger partial charge in [-0.3, -0.25) is 4.79 Å². The Kier molecular flexibility index (Phi) is 4.35. The summed E-state index contributed by atoms with van der Waals surface area (Å²) >= 11 is 7.67. The Labute approximate surface area is 121 Å². The molecule has 0 aliphatic carbocycles. The molecule has 0 spiro atoms. The van der Waals surface area contributed by atoms with E-state index in [0.717, 1.165) is 15.5 Å². The number of benzene rings is 2. The standard InChI is InChI=1S/C14H13ClN2OS/c1-9(18)17-11-3-5-12(6-4-11)19-14-7-2-10(16)8-13(14)15/h2-8H,16H2,1H3,(H,17,18). The molecule has 2 aromatic rings. The fraction of sp³-hybridized carbons (Fsp3) is 0.0714. The molecule has 0 atom stereocenters. The van der Waals surface area contributed by atoms with Gasteiger partial charge in [0.05, 0.1) is 5.02 Å². The molecule has 0 aliphatic rings. The van der Waals surface area contributed by atoms with E-state index in [4.69, 9.17) is 17.3 Å². The highest BCUT2D eigenvalue weighted by Crippen LogP contribution is 2.34. The Morgan fingerprint density at radius 3 is 2.47 bits per heavy atom. The van der Waals surface area contributed by atoms with Gasteiger partial charge in [0, 0.05) is 28.1 Å². The maximum atomic E-state index is 10.9. The number of rotatable bonds is 3. The highest BCUT2D eigenvalue weighted by Gasteiger charge is 2.03. The average molecular weight is 293 g/mol. The predicted octanol–water partition coefficient (Wildman–Crippen LogP) is 4.03. The largest absolute Gasteiger partial charge is 0.399 e. The third-order valence-electron chi connectivity index (χ3n) is 2.36. The van der Waals surface area contributed by atoms with Gasteiger partial charge in [-0.05, 0) is 42.5 Å². The van der Waals surface area contributed by atoms with Gasteiger partial charge >= 0.3 is 0 Å². The van der Waals surface area contributed by atoms with Gasteiger partial charge in [0.1, 0.15) is 0 Å². The zero-order valence-corrected chi connectivity index (χ0v) is 11.9. The van der Waals surface area contributed by atoms with Gasteiger partial charge in [-0.15, -0.1) is 0 Å². The van der Waals surface area contributed by atoms with Gasteiger partial charge in [-0.2, -0.15) is 0 Å². The van der Waals surface area contributed by atoms with E-state index in [0.29, 0.717) is 10.7 Å². The molecule has 3 N–H and O–H groups in total. The topological polar surface area (TPSA) is 55.1 Å². The van der Waals surface area contributed by atoms with Crippen LogP contribution in [0.1, 0.15) is 6.92 Å². The number of nitrogen functional groups attached to an aromatic ring is 1. The van der Waals surface area contributed by atoms with Gasteiger partial charge in [-0.1, -0.05) is 23.4 Å². The molecule has 0 fully saturated rings. The normalized spacial score (nSPS) is 10.2. The number of hydrogen-bond donors (Lipinski definition) is 2. The van der Waals surface area contributed by atoms with Gasteiger partial charge < -0.3 is 11.1 Å². The Balaban J connectivity index is 2.13. The van der Waals surface area contributed by atoms with Gasteiger partial charge in [0.25, 0.3) is 0 Å². The van der Waals surface area contributed by atoms with Crippen molar-refractivity contribution in [3.05, 3.63) is 47.5 Å². The number of anilines is 2. The van der Waals surface area contributed by atoms with E-state index in [1.165, 1.54) is 6.92 Å². The zero-order valence-electron chi connectivity index (χ0n) is 10.3. The van der Waals surface area contributed by atoms with E-state index in [2.05, 4.69) is 5.32 Å². The predicted molar refractivity (Wildman–Crippen MR) is 80.7 cm³/mol. The Morgan fingerprint density at radius 2 is 1.89 bits per heavy atom. The minimum Gasteiger partial charge on any atom is -0.399 e. The van der Waals surface area contributed by atoms with Gasteiger partial charge in [0.2, 0.25) is 5.91 Å². The summed E-state index contributed by atoms with van der Waals surface area (Å²) in [6.07, 6.45) is 0. The smallest absolute Gasteiger partial charge is 0.221 e. The zero-order chi connectivity index (χ0) is 13.8. The summed E-state index contributed by atoms with van der Waals surface area (Å²) in [5, 5.41) is 3.36. The van der Waals surface area contributed by atoms with Crippen molar-refractivity contribution in [2.75, 3.05) is 11.1 Å². The molecule has 5 heteroatoms. The lowest BCUT2D eigenvalue weighted by atomic mass is 10.3. The van der Waals surface area contributed by atoms with Crippen molar-refractivity contribution >= 4 is 40.6 Å². The van der Waals surface area contributed by atoms with Crippen LogP contribution in [-0.2, 0) is 4.79 Å². The van der Waals surface area contributed by atoms with Crippen LogP contribution in [0.4, 0.5) is 11.4 Å². The Bertz CT molecular complexity index is 599. The first-order chi connectivity index (χ1) is 9.04. The second-order valence-electron chi connectivity index (χ2n) is 4.00. The average Bonchev–Trinajstić information content (AvgIpc) is 2.34. The molecule has 0 aliphatic heterocycles. The first kappa shape index (κ1) is 13.8. The van der Waals surface area contributed by atoms with Gasteiger partial charge in [-0.25, -0.2) is 0 Å². The number of carbonyl (C=O) groups is 1. The molecule has 0 saturated heterocycles. The molecule has 2 aromatic carbocycles. The molecule has 0 radical (unpaired) electrons. The van der Waals surface area contributed by atoms with E-state index in [1.54, 1.807) is 17.8 Å². The summed E-state index contributed by atoms with van der Waals surface area (Å²) in [5.74, 6) is -0.0815. The molecular formula is C14H13ClN2OS. The molecule has 3 nitrogen and oxygen atoms in total. The van der Waals surface area contributed by atoms with Crippen LogP contribution in [-0.4, -0.2) is 5.91 Å². The summed E-state index contributed by atoms with van der Waals surface area (Å²) < 4.78 is 0. The first-order valence-electron chi connectivity index (χ1n) is 5.65. The SMILES string of the molecule is CC(=O)Nc1ccc(Sc2ccc(N)cc2Cl)cc1. The molecule has 0 saturated carbocycles. The molecule has 0 heterocycles. The number of halogens is 1. The lowest BCUT2D eigenvalue weighted by Gasteiger charge is -2.06. The minimum absolute atomic E-state index is 0.0815. The molecule has 2 rings (SSSR count). The third-order valence-corrected chi connectivity index (χ3v) is 3.87. The summed E-state index contributed by atoms with van der Waals surface area (Å²) in [6.45, 7) is 1.48. The summed E-state index contributed by atoms with van der Waals surface area (Å²) in [4.78, 5) is 12.9. The molecule has 0 bridgehead atoms. The fourth-order valence-corrected chi connectivity index (χ4v) is 2.66. The first-order valence-corrected chi connectivity index (χ1v) is 6.84. The van der Waals surface area contributed by atoms with Crippen LogP contribution in [0.15, 0.2) is 52.3 Å². The Morgan fingerprint density at radius 1 is 1.21 bits per heavy atom. The fourth-order valence-electron chi connectivity index (χ4n) is 1.54. The van der Waals surface area contributed by atoms with Crippen molar-refractivity contribution in [1.82, 2.24) is 0 Å². The number of hydrogen-bond acceptors (Lipinski definition) is 3. The monoisotopic (exact) mass is 292 g/mol. The van der Waals surface area contributed by atoms with Gasteiger partial charge in [0.15, 0.2) is 0 Å². The highest BCUT2D eigenvalue weighted by atomic mass is 35.5. The summed E-state index contributed by atoms with van der Waals surface area (Å²) in [7, 11) is 0. The van der Waals surface area contributed by atoms with E-state index in [1.807, 2.05) is 36.4 Å². The van der Waals surface area contributed by atoms with Crippen molar-refractivity contribution in [3.63, 3.8) is 0 Å². The second kappa shape index (κ2) is 5.99. The van der Waals surface area contributed by atoms with Crippen molar-refractivity contribution in [3.8, 4) is 0 Å². The maximum absolute atomic E-state index is 10.9. The van der Waals surface area contributed by atoms with Crippen LogP contribution in [0.3, 0.4) is 0 Å². The van der Waals surface area contributed by atoms with Crippen LogP contribution >= 0.6 is 23.4 Å².